The third-order valence-corrected chi connectivity index (χ3v) is 6.86. The van der Waals surface area contributed by atoms with E-state index in [4.69, 9.17) is 0 Å². The quantitative estimate of drug-likeness (QED) is 0.821. The van der Waals surface area contributed by atoms with Gasteiger partial charge < -0.3 is 14.8 Å². The van der Waals surface area contributed by atoms with Crippen molar-refractivity contribution in [2.24, 2.45) is 5.92 Å². The van der Waals surface area contributed by atoms with Crippen LogP contribution < -0.4 is 10.0 Å². The van der Waals surface area contributed by atoms with Crippen molar-refractivity contribution in [1.29, 1.82) is 0 Å². The predicted molar refractivity (Wildman–Crippen MR) is 100 cm³/mol. The number of piperidine rings is 1. The molecule has 1 amide bonds. The summed E-state index contributed by atoms with van der Waals surface area (Å²) in [7, 11) is -3.51. The minimum Gasteiger partial charge on any atom is -0.368 e. The van der Waals surface area contributed by atoms with E-state index >= 15 is 0 Å². The lowest BCUT2D eigenvalue weighted by Crippen LogP contribution is -2.52. The number of aromatic nitrogens is 2. The number of nitrogens with zero attached hydrogens (tertiary/aromatic N) is 3. The number of sulfonamides is 1. The van der Waals surface area contributed by atoms with Gasteiger partial charge in [0.2, 0.25) is 15.9 Å². The maximum atomic E-state index is 12.5. The Hall–Kier alpha value is -2.39. The first-order chi connectivity index (χ1) is 12.9. The van der Waals surface area contributed by atoms with Crippen LogP contribution in [0.1, 0.15) is 18.7 Å². The minimum atomic E-state index is -3.51. The molecule has 1 aromatic carbocycles. The number of carbonyl (C=O) groups excluding carboxylic acids is 1. The van der Waals surface area contributed by atoms with Crippen LogP contribution in [0.15, 0.2) is 41.6 Å². The van der Waals surface area contributed by atoms with Gasteiger partial charge in [-0.15, -0.1) is 0 Å². The topological polar surface area (TPSA) is 96.3 Å². The zero-order valence-electron chi connectivity index (χ0n) is 15.1. The molecule has 2 aliphatic heterocycles. The number of likely N-dealkylation sites (tertiary alicyclic amines) is 1. The molecule has 3 heterocycles. The van der Waals surface area contributed by atoms with E-state index in [1.54, 1.807) is 30.6 Å². The lowest BCUT2D eigenvalue weighted by Gasteiger charge is -2.39. The van der Waals surface area contributed by atoms with Gasteiger partial charge in [0.05, 0.1) is 11.9 Å². The zero-order chi connectivity index (χ0) is 19.0. The van der Waals surface area contributed by atoms with E-state index < -0.39 is 10.0 Å². The van der Waals surface area contributed by atoms with Gasteiger partial charge in [-0.25, -0.2) is 13.4 Å². The Morgan fingerprint density at radius 3 is 2.70 bits per heavy atom. The van der Waals surface area contributed by atoms with Gasteiger partial charge >= 0.3 is 0 Å². The Morgan fingerprint density at radius 2 is 2.00 bits per heavy atom. The molecule has 4 rings (SSSR count). The van der Waals surface area contributed by atoms with Gasteiger partial charge in [-0.3, -0.25) is 4.79 Å². The van der Waals surface area contributed by atoms with Crippen molar-refractivity contribution in [3.63, 3.8) is 0 Å². The number of para-hydroxylation sites is 1. The average molecular weight is 389 g/mol. The van der Waals surface area contributed by atoms with Gasteiger partial charge in [-0.05, 0) is 37.8 Å². The molecule has 1 atom stereocenters. The predicted octanol–water partition coefficient (Wildman–Crippen LogP) is 1.16. The van der Waals surface area contributed by atoms with E-state index in [0.29, 0.717) is 18.8 Å². The van der Waals surface area contributed by atoms with Crippen molar-refractivity contribution in [2.45, 2.75) is 37.4 Å². The van der Waals surface area contributed by atoms with Crippen LogP contribution in [0.25, 0.3) is 0 Å². The SMILES string of the molecule is Cc1nccn1CC(=O)N1CCC([C@@H]2Nc3ccccc3S(=O)(=O)N2)CC1. The van der Waals surface area contributed by atoms with Crippen molar-refractivity contribution in [3.05, 3.63) is 42.5 Å². The van der Waals surface area contributed by atoms with E-state index in [1.807, 2.05) is 22.5 Å². The number of benzene rings is 1. The number of carbonyl (C=O) groups is 1. The number of fused-ring (bicyclic) bond motifs is 1. The van der Waals surface area contributed by atoms with Gasteiger partial charge in [-0.2, -0.15) is 4.72 Å². The molecule has 8 nitrogen and oxygen atoms in total. The van der Waals surface area contributed by atoms with E-state index in [-0.39, 0.29) is 29.4 Å². The summed E-state index contributed by atoms with van der Waals surface area (Å²) in [6, 6.07) is 6.92. The summed E-state index contributed by atoms with van der Waals surface area (Å²) in [4.78, 5) is 18.8. The number of anilines is 1. The molecule has 2 aromatic rings. The second-order valence-electron chi connectivity index (χ2n) is 7.06. The fourth-order valence-corrected chi connectivity index (χ4v) is 5.15. The monoisotopic (exact) mass is 389 g/mol. The number of aryl methyl sites for hydroxylation is 1. The van der Waals surface area contributed by atoms with Crippen LogP contribution in [0.3, 0.4) is 0 Å². The van der Waals surface area contributed by atoms with Gasteiger partial charge in [0.25, 0.3) is 0 Å². The molecule has 0 bridgehead atoms. The third kappa shape index (κ3) is 3.57. The summed E-state index contributed by atoms with van der Waals surface area (Å²) in [5.74, 6) is 1.02. The Labute approximate surface area is 158 Å². The Bertz CT molecular complexity index is 947. The van der Waals surface area contributed by atoms with Gasteiger partial charge in [0.1, 0.15) is 17.3 Å². The fraction of sp³-hybridized carbons (Fsp3) is 0.444. The molecule has 1 saturated heterocycles. The molecular weight excluding hydrogens is 366 g/mol. The Balaban J connectivity index is 1.38. The van der Waals surface area contributed by atoms with Crippen molar-refractivity contribution in [3.8, 4) is 0 Å². The van der Waals surface area contributed by atoms with Crippen LogP contribution in [-0.2, 0) is 21.4 Å². The molecule has 0 aliphatic carbocycles. The lowest BCUT2D eigenvalue weighted by molar-refractivity contribution is -0.133. The highest BCUT2D eigenvalue weighted by Crippen LogP contribution is 2.30. The van der Waals surface area contributed by atoms with Crippen LogP contribution in [0.5, 0.6) is 0 Å². The number of rotatable bonds is 3. The maximum Gasteiger partial charge on any atom is 0.244 e. The molecule has 0 unspecified atom stereocenters. The third-order valence-electron chi connectivity index (χ3n) is 5.36. The molecule has 144 valence electrons. The first kappa shape index (κ1) is 18.0. The molecule has 9 heteroatoms. The summed E-state index contributed by atoms with van der Waals surface area (Å²) in [5.41, 5.74) is 0.635. The standard InChI is InChI=1S/C18H23N5O3S/c1-13-19-8-11-23(13)12-17(24)22-9-6-14(7-10-22)18-20-15-4-2-3-5-16(15)27(25,26)21-18/h2-5,8,11,14,18,20-21H,6-7,9-10,12H2,1H3/t18-/m1/s1. The van der Waals surface area contributed by atoms with Crippen molar-refractivity contribution >= 4 is 21.6 Å². The highest BCUT2D eigenvalue weighted by molar-refractivity contribution is 7.89. The minimum absolute atomic E-state index is 0.0667. The molecule has 2 N–H and O–H groups in total. The van der Waals surface area contributed by atoms with E-state index in [1.165, 1.54) is 0 Å². The first-order valence-corrected chi connectivity index (χ1v) is 10.6. The molecular formula is C18H23N5O3S. The lowest BCUT2D eigenvalue weighted by atomic mass is 9.93. The molecule has 1 aromatic heterocycles. The number of hydrogen-bond acceptors (Lipinski definition) is 5. The highest BCUT2D eigenvalue weighted by Gasteiger charge is 2.35. The van der Waals surface area contributed by atoms with Crippen molar-refractivity contribution in [1.82, 2.24) is 19.2 Å². The molecule has 2 aliphatic rings. The van der Waals surface area contributed by atoms with Crippen LogP contribution in [0.2, 0.25) is 0 Å². The summed E-state index contributed by atoms with van der Waals surface area (Å²) >= 11 is 0. The Kier molecular flexibility index (Phi) is 4.65. The summed E-state index contributed by atoms with van der Waals surface area (Å²) in [6.07, 6.45) is 4.64. The van der Waals surface area contributed by atoms with Crippen LogP contribution in [0.4, 0.5) is 5.69 Å². The smallest absolute Gasteiger partial charge is 0.244 e. The van der Waals surface area contributed by atoms with E-state index in [9.17, 15) is 13.2 Å². The molecule has 1 fully saturated rings. The summed E-state index contributed by atoms with van der Waals surface area (Å²) in [5, 5.41) is 3.30. The zero-order valence-corrected chi connectivity index (χ0v) is 15.9. The number of hydrogen-bond donors (Lipinski definition) is 2. The van der Waals surface area contributed by atoms with Gasteiger partial charge in [0, 0.05) is 25.5 Å². The van der Waals surface area contributed by atoms with E-state index in [2.05, 4.69) is 15.0 Å². The second kappa shape index (κ2) is 6.97. The average Bonchev–Trinajstić information content (AvgIpc) is 3.06. The Morgan fingerprint density at radius 1 is 1.26 bits per heavy atom. The molecule has 0 spiro atoms. The number of nitrogens with one attached hydrogen (secondary N) is 2. The van der Waals surface area contributed by atoms with Crippen LogP contribution in [0, 0.1) is 12.8 Å². The van der Waals surface area contributed by atoms with Crippen molar-refractivity contribution < 1.29 is 13.2 Å². The fourth-order valence-electron chi connectivity index (χ4n) is 3.76. The van der Waals surface area contributed by atoms with Crippen LogP contribution in [-0.4, -0.2) is 48.0 Å². The largest absolute Gasteiger partial charge is 0.368 e. The summed E-state index contributed by atoms with van der Waals surface area (Å²) in [6.45, 7) is 3.41. The molecule has 27 heavy (non-hydrogen) atoms. The number of imidazole rings is 1. The first-order valence-electron chi connectivity index (χ1n) is 9.07. The highest BCUT2D eigenvalue weighted by atomic mass is 32.2. The molecule has 0 saturated carbocycles. The summed E-state index contributed by atoms with van der Waals surface area (Å²) < 4.78 is 29.6. The van der Waals surface area contributed by atoms with Gasteiger partial charge in [-0.1, -0.05) is 12.1 Å². The molecule has 0 radical (unpaired) electrons. The normalized spacial score (nSPS) is 22.1. The van der Waals surface area contributed by atoms with E-state index in [0.717, 1.165) is 18.7 Å². The van der Waals surface area contributed by atoms with Crippen molar-refractivity contribution in [2.75, 3.05) is 18.4 Å². The van der Waals surface area contributed by atoms with Gasteiger partial charge in [0.15, 0.2) is 0 Å². The van der Waals surface area contributed by atoms with Crippen LogP contribution >= 0.6 is 0 Å². The second-order valence-corrected chi connectivity index (χ2v) is 8.74. The maximum absolute atomic E-state index is 12.5. The number of amides is 1.